The number of nitrogen functional groups attached to an aromatic ring is 1. The highest BCUT2D eigenvalue weighted by molar-refractivity contribution is 7.89. The first-order valence-electron chi connectivity index (χ1n) is 6.59. The van der Waals surface area contributed by atoms with Gasteiger partial charge in [0.15, 0.2) is 0 Å². The van der Waals surface area contributed by atoms with Gasteiger partial charge in [0, 0.05) is 24.8 Å². The molecule has 1 atom stereocenters. The first kappa shape index (κ1) is 15.6. The number of carbonyl (C=O) groups is 1. The molecule has 0 saturated carbocycles. The standard InChI is InChI=1S/C13H19N3O4S/c1-20-11-7-10(14)4-5-12(11)21(18,19)16-6-2-3-9(8-16)13(15)17/h4-5,7,9H,2-3,6,8,14H2,1H3,(H2,15,17). The maximum absolute atomic E-state index is 12.7. The zero-order valence-corrected chi connectivity index (χ0v) is 12.6. The fraction of sp³-hybridized carbons (Fsp3) is 0.462. The first-order valence-corrected chi connectivity index (χ1v) is 8.03. The van der Waals surface area contributed by atoms with Crippen LogP contribution in [0.5, 0.6) is 5.75 Å². The SMILES string of the molecule is COc1cc(N)ccc1S(=O)(=O)N1CCCC(C(N)=O)C1. The Labute approximate surface area is 123 Å². The van der Waals surface area contributed by atoms with Crippen molar-refractivity contribution in [3.05, 3.63) is 18.2 Å². The molecule has 2 rings (SSSR count). The highest BCUT2D eigenvalue weighted by Gasteiger charge is 2.34. The number of rotatable bonds is 4. The van der Waals surface area contributed by atoms with E-state index >= 15 is 0 Å². The number of piperidine rings is 1. The van der Waals surface area contributed by atoms with E-state index in [0.717, 1.165) is 0 Å². The molecule has 1 unspecified atom stereocenters. The summed E-state index contributed by atoms with van der Waals surface area (Å²) in [6.07, 6.45) is 1.21. The normalized spacial score (nSPS) is 20.1. The third-order valence-electron chi connectivity index (χ3n) is 3.59. The lowest BCUT2D eigenvalue weighted by atomic mass is 9.99. The van der Waals surface area contributed by atoms with E-state index in [1.54, 1.807) is 0 Å². The number of anilines is 1. The third kappa shape index (κ3) is 3.11. The lowest BCUT2D eigenvalue weighted by molar-refractivity contribution is -0.122. The van der Waals surface area contributed by atoms with Crippen LogP contribution in [0.4, 0.5) is 5.69 Å². The molecule has 0 bridgehead atoms. The van der Waals surface area contributed by atoms with Crippen LogP contribution in [0.3, 0.4) is 0 Å². The molecule has 1 aliphatic rings. The van der Waals surface area contributed by atoms with Crippen molar-refractivity contribution >= 4 is 21.6 Å². The molecule has 1 aromatic carbocycles. The molecule has 1 aliphatic heterocycles. The van der Waals surface area contributed by atoms with E-state index in [-0.39, 0.29) is 17.2 Å². The summed E-state index contributed by atoms with van der Waals surface area (Å²) in [6, 6.07) is 4.38. The molecule has 1 fully saturated rings. The monoisotopic (exact) mass is 313 g/mol. The molecular formula is C13H19N3O4S. The minimum Gasteiger partial charge on any atom is -0.495 e. The highest BCUT2D eigenvalue weighted by atomic mass is 32.2. The minimum absolute atomic E-state index is 0.0457. The number of ether oxygens (including phenoxy) is 1. The summed E-state index contributed by atoms with van der Waals surface area (Å²) < 4.78 is 31.8. The van der Waals surface area contributed by atoms with Gasteiger partial charge in [0.2, 0.25) is 15.9 Å². The summed E-state index contributed by atoms with van der Waals surface area (Å²) >= 11 is 0. The number of nitrogens with two attached hydrogens (primary N) is 2. The lowest BCUT2D eigenvalue weighted by Crippen LogP contribution is -2.44. The third-order valence-corrected chi connectivity index (χ3v) is 5.50. The van der Waals surface area contributed by atoms with Crippen LogP contribution in [0.1, 0.15) is 12.8 Å². The van der Waals surface area contributed by atoms with Gasteiger partial charge in [-0.1, -0.05) is 0 Å². The van der Waals surface area contributed by atoms with Crippen molar-refractivity contribution in [2.75, 3.05) is 25.9 Å². The van der Waals surface area contributed by atoms with Gasteiger partial charge < -0.3 is 16.2 Å². The molecule has 116 valence electrons. The fourth-order valence-corrected chi connectivity index (χ4v) is 4.09. The van der Waals surface area contributed by atoms with Gasteiger partial charge >= 0.3 is 0 Å². The van der Waals surface area contributed by atoms with E-state index in [1.807, 2.05) is 0 Å². The Morgan fingerprint density at radius 3 is 2.76 bits per heavy atom. The average Bonchev–Trinajstić information content (AvgIpc) is 2.46. The molecule has 1 saturated heterocycles. The molecule has 0 spiro atoms. The maximum Gasteiger partial charge on any atom is 0.246 e. The molecule has 1 amide bonds. The van der Waals surface area contributed by atoms with Gasteiger partial charge in [-0.05, 0) is 25.0 Å². The number of hydrogen-bond donors (Lipinski definition) is 2. The number of nitrogens with zero attached hydrogens (tertiary/aromatic N) is 1. The summed E-state index contributed by atoms with van der Waals surface area (Å²) in [6.45, 7) is 0.463. The Morgan fingerprint density at radius 1 is 1.43 bits per heavy atom. The second-order valence-corrected chi connectivity index (χ2v) is 6.92. The van der Waals surface area contributed by atoms with Gasteiger partial charge in [-0.25, -0.2) is 8.42 Å². The zero-order chi connectivity index (χ0) is 15.6. The van der Waals surface area contributed by atoms with Crippen LogP contribution in [0, 0.1) is 5.92 Å². The lowest BCUT2D eigenvalue weighted by Gasteiger charge is -2.30. The predicted molar refractivity (Wildman–Crippen MR) is 78.1 cm³/mol. The van der Waals surface area contributed by atoms with Crippen molar-refractivity contribution in [1.82, 2.24) is 4.31 Å². The van der Waals surface area contributed by atoms with E-state index in [9.17, 15) is 13.2 Å². The maximum atomic E-state index is 12.7. The fourth-order valence-electron chi connectivity index (χ4n) is 2.43. The van der Waals surface area contributed by atoms with Crippen LogP contribution < -0.4 is 16.2 Å². The van der Waals surface area contributed by atoms with Gasteiger partial charge in [-0.3, -0.25) is 4.79 Å². The number of benzene rings is 1. The van der Waals surface area contributed by atoms with Crippen LogP contribution in [0.2, 0.25) is 0 Å². The van der Waals surface area contributed by atoms with E-state index in [1.165, 1.54) is 29.6 Å². The van der Waals surface area contributed by atoms with Gasteiger partial charge in [-0.2, -0.15) is 4.31 Å². The average molecular weight is 313 g/mol. The van der Waals surface area contributed by atoms with E-state index in [2.05, 4.69) is 0 Å². The molecule has 0 aliphatic carbocycles. The molecule has 21 heavy (non-hydrogen) atoms. The Kier molecular flexibility index (Phi) is 4.38. The van der Waals surface area contributed by atoms with E-state index in [4.69, 9.17) is 16.2 Å². The van der Waals surface area contributed by atoms with Crippen molar-refractivity contribution in [3.63, 3.8) is 0 Å². The summed E-state index contributed by atoms with van der Waals surface area (Å²) in [5.41, 5.74) is 11.3. The van der Waals surface area contributed by atoms with Crippen molar-refractivity contribution in [2.24, 2.45) is 11.7 Å². The number of amides is 1. The number of carbonyl (C=O) groups excluding carboxylic acids is 1. The second-order valence-electron chi connectivity index (χ2n) is 5.01. The van der Waals surface area contributed by atoms with Crippen LogP contribution in [-0.2, 0) is 14.8 Å². The number of sulfonamides is 1. The van der Waals surface area contributed by atoms with Crippen LogP contribution in [-0.4, -0.2) is 38.8 Å². The molecule has 1 heterocycles. The van der Waals surface area contributed by atoms with Gasteiger partial charge in [0.05, 0.1) is 13.0 Å². The first-order chi connectivity index (χ1) is 9.86. The van der Waals surface area contributed by atoms with E-state index in [0.29, 0.717) is 25.1 Å². The zero-order valence-electron chi connectivity index (χ0n) is 11.8. The van der Waals surface area contributed by atoms with Crippen LogP contribution in [0.25, 0.3) is 0 Å². The summed E-state index contributed by atoms with van der Waals surface area (Å²) in [5, 5.41) is 0. The van der Waals surface area contributed by atoms with Crippen molar-refractivity contribution in [2.45, 2.75) is 17.7 Å². The molecule has 1 aromatic rings. The summed E-state index contributed by atoms with van der Waals surface area (Å²) in [4.78, 5) is 11.3. The van der Waals surface area contributed by atoms with Gasteiger partial charge in [0.1, 0.15) is 10.6 Å². The number of hydrogen-bond acceptors (Lipinski definition) is 5. The number of primary amides is 1. The molecule has 0 aromatic heterocycles. The predicted octanol–water partition coefficient (Wildman–Crippen LogP) is 0.163. The summed E-state index contributed by atoms with van der Waals surface area (Å²) in [5.74, 6) is -0.733. The largest absolute Gasteiger partial charge is 0.495 e. The smallest absolute Gasteiger partial charge is 0.246 e. The second kappa shape index (κ2) is 5.90. The molecule has 8 heteroatoms. The Balaban J connectivity index is 2.36. The van der Waals surface area contributed by atoms with Crippen molar-refractivity contribution in [3.8, 4) is 5.75 Å². The van der Waals surface area contributed by atoms with Gasteiger partial charge in [-0.15, -0.1) is 0 Å². The minimum atomic E-state index is -3.74. The Hall–Kier alpha value is -1.80. The quantitative estimate of drug-likeness (QED) is 0.768. The molecule has 7 nitrogen and oxygen atoms in total. The van der Waals surface area contributed by atoms with Crippen LogP contribution in [0.15, 0.2) is 23.1 Å². The van der Waals surface area contributed by atoms with Crippen molar-refractivity contribution in [1.29, 1.82) is 0 Å². The van der Waals surface area contributed by atoms with Gasteiger partial charge in [0.25, 0.3) is 0 Å². The van der Waals surface area contributed by atoms with E-state index < -0.39 is 21.8 Å². The Morgan fingerprint density at radius 2 is 2.14 bits per heavy atom. The molecular weight excluding hydrogens is 294 g/mol. The topological polar surface area (TPSA) is 116 Å². The van der Waals surface area contributed by atoms with Crippen molar-refractivity contribution < 1.29 is 17.9 Å². The molecule has 4 N–H and O–H groups in total. The van der Waals surface area contributed by atoms with Crippen LogP contribution >= 0.6 is 0 Å². The Bertz CT molecular complexity index is 645. The molecule has 0 radical (unpaired) electrons. The summed E-state index contributed by atoms with van der Waals surface area (Å²) in [7, 11) is -2.36. The number of methoxy groups -OCH3 is 1. The highest BCUT2D eigenvalue weighted by Crippen LogP contribution is 2.31.